The molecule has 1 radical (unpaired) electrons. The van der Waals surface area contributed by atoms with Gasteiger partial charge >= 0.3 is 0 Å². The minimum Gasteiger partial charge on any atom is -0.410 e. The molecule has 7 nitrogen and oxygen atoms in total. The van der Waals surface area contributed by atoms with Crippen LogP contribution >= 0.6 is 0 Å². The van der Waals surface area contributed by atoms with Gasteiger partial charge in [-0.05, 0) is 23.4 Å². The SMILES string of the molecule is O=S(=O)(O)c1ccc2c(c1)nnn2O.[Ag]. The van der Waals surface area contributed by atoms with E-state index in [-0.39, 0.29) is 38.3 Å². The fourth-order valence-electron chi connectivity index (χ4n) is 1.05. The van der Waals surface area contributed by atoms with Crippen molar-refractivity contribution in [1.82, 2.24) is 15.2 Å². The fraction of sp³-hybridized carbons (Fsp3) is 0. The Bertz CT molecular complexity index is 593. The summed E-state index contributed by atoms with van der Waals surface area (Å²) in [5.41, 5.74) is 0.444. The first kappa shape index (κ1) is 12.1. The van der Waals surface area contributed by atoms with Crippen molar-refractivity contribution >= 4 is 21.2 Å². The van der Waals surface area contributed by atoms with Crippen LogP contribution in [0.4, 0.5) is 0 Å². The Balaban J connectivity index is 0.00000112. The Morgan fingerprint density at radius 3 is 2.60 bits per heavy atom. The zero-order valence-corrected chi connectivity index (χ0v) is 9.29. The molecule has 2 N–H and O–H groups in total. The molecule has 0 saturated carbocycles. The maximum absolute atomic E-state index is 10.7. The Morgan fingerprint density at radius 1 is 1.33 bits per heavy atom. The van der Waals surface area contributed by atoms with Gasteiger partial charge in [-0.3, -0.25) is 4.55 Å². The number of rotatable bonds is 1. The van der Waals surface area contributed by atoms with Crippen molar-refractivity contribution in [3.8, 4) is 0 Å². The molecule has 9 heteroatoms. The maximum atomic E-state index is 10.7. The summed E-state index contributed by atoms with van der Waals surface area (Å²) in [6.07, 6.45) is 0. The van der Waals surface area contributed by atoms with E-state index >= 15 is 0 Å². The van der Waals surface area contributed by atoms with Crippen LogP contribution in [0.5, 0.6) is 0 Å². The van der Waals surface area contributed by atoms with Crippen molar-refractivity contribution in [2.45, 2.75) is 4.90 Å². The number of hydrogen-bond donors (Lipinski definition) is 2. The fourth-order valence-corrected chi connectivity index (χ4v) is 1.55. The van der Waals surface area contributed by atoms with Crippen molar-refractivity contribution < 1.29 is 40.6 Å². The minimum absolute atomic E-state index is 0. The standard InChI is InChI=1S/C6H5N3O4S.Ag/c10-9-6-2-1-4(14(11,12)13)3-5(6)7-8-9;/h1-3,10H,(H,11,12,13);. The molecule has 0 bridgehead atoms. The molecular formula is C6H5AgN3O4S. The topological polar surface area (TPSA) is 105 Å². The maximum Gasteiger partial charge on any atom is 0.294 e. The summed E-state index contributed by atoms with van der Waals surface area (Å²) in [5, 5.41) is 15.8. The number of benzene rings is 1. The first-order valence-corrected chi connectivity index (χ1v) is 4.95. The van der Waals surface area contributed by atoms with Crippen LogP contribution in [0.1, 0.15) is 0 Å². The van der Waals surface area contributed by atoms with Crippen LogP contribution in [0.2, 0.25) is 0 Å². The van der Waals surface area contributed by atoms with Crippen molar-refractivity contribution in [2.75, 3.05) is 0 Å². The predicted octanol–water partition coefficient (Wildman–Crippen LogP) is -0.0872. The summed E-state index contributed by atoms with van der Waals surface area (Å²) in [7, 11) is -4.24. The van der Waals surface area contributed by atoms with Gasteiger partial charge in [0.15, 0.2) is 0 Å². The van der Waals surface area contributed by atoms with Gasteiger partial charge in [-0.15, -0.1) is 5.10 Å². The second kappa shape index (κ2) is 3.91. The van der Waals surface area contributed by atoms with Crippen LogP contribution in [0.15, 0.2) is 23.1 Å². The molecule has 0 aliphatic rings. The van der Waals surface area contributed by atoms with Gasteiger partial charge in [0.1, 0.15) is 11.0 Å². The zero-order chi connectivity index (χ0) is 10.3. The monoisotopic (exact) mass is 322 g/mol. The molecule has 1 heterocycles. The second-order valence-electron chi connectivity index (χ2n) is 2.60. The van der Waals surface area contributed by atoms with Crippen LogP contribution in [0.25, 0.3) is 11.0 Å². The molecule has 0 amide bonds. The van der Waals surface area contributed by atoms with Gasteiger partial charge in [0.05, 0.1) is 4.90 Å². The van der Waals surface area contributed by atoms with Crippen LogP contribution < -0.4 is 0 Å². The Kier molecular flexibility index (Phi) is 3.16. The molecule has 0 aliphatic carbocycles. The van der Waals surface area contributed by atoms with E-state index in [1.807, 2.05) is 0 Å². The van der Waals surface area contributed by atoms with Crippen molar-refractivity contribution in [3.63, 3.8) is 0 Å². The van der Waals surface area contributed by atoms with Crippen LogP contribution in [-0.2, 0) is 32.5 Å². The van der Waals surface area contributed by atoms with E-state index in [1.165, 1.54) is 6.07 Å². The molecule has 0 spiro atoms. The molecular weight excluding hydrogens is 318 g/mol. The van der Waals surface area contributed by atoms with Gasteiger partial charge in [0.25, 0.3) is 10.1 Å². The largest absolute Gasteiger partial charge is 0.410 e. The molecule has 1 aromatic heterocycles. The average Bonchev–Trinajstić information content (AvgIpc) is 2.46. The van der Waals surface area contributed by atoms with Crippen LogP contribution in [-0.4, -0.2) is 33.3 Å². The molecule has 0 aliphatic heterocycles. The normalized spacial score (nSPS) is 11.3. The van der Waals surface area contributed by atoms with E-state index in [2.05, 4.69) is 10.3 Å². The first-order valence-electron chi connectivity index (χ1n) is 3.51. The van der Waals surface area contributed by atoms with Crippen molar-refractivity contribution in [2.24, 2.45) is 0 Å². The number of nitrogens with zero attached hydrogens (tertiary/aromatic N) is 3. The van der Waals surface area contributed by atoms with E-state index in [1.54, 1.807) is 0 Å². The Hall–Kier alpha value is -0.930. The third-order valence-corrected chi connectivity index (χ3v) is 2.55. The quantitative estimate of drug-likeness (QED) is 0.432. The van der Waals surface area contributed by atoms with E-state index in [4.69, 9.17) is 9.76 Å². The number of hydrogen-bond acceptors (Lipinski definition) is 5. The van der Waals surface area contributed by atoms with E-state index < -0.39 is 10.1 Å². The first-order chi connectivity index (χ1) is 6.48. The summed E-state index contributed by atoms with van der Waals surface area (Å²) >= 11 is 0. The van der Waals surface area contributed by atoms with Gasteiger partial charge in [-0.25, -0.2) is 0 Å². The van der Waals surface area contributed by atoms with Crippen molar-refractivity contribution in [3.05, 3.63) is 18.2 Å². The zero-order valence-electron chi connectivity index (χ0n) is 6.99. The summed E-state index contributed by atoms with van der Waals surface area (Å²) < 4.78 is 30.2. The van der Waals surface area contributed by atoms with E-state index in [0.29, 0.717) is 4.85 Å². The smallest absolute Gasteiger partial charge is 0.294 e. The average molecular weight is 323 g/mol. The molecule has 0 saturated heterocycles. The van der Waals surface area contributed by atoms with E-state index in [9.17, 15) is 8.42 Å². The predicted molar refractivity (Wildman–Crippen MR) is 44.5 cm³/mol. The van der Waals surface area contributed by atoms with Gasteiger partial charge in [-0.2, -0.15) is 8.42 Å². The molecule has 0 fully saturated rings. The Labute approximate surface area is 99.9 Å². The van der Waals surface area contributed by atoms with Gasteiger partial charge < -0.3 is 5.21 Å². The molecule has 0 atom stereocenters. The van der Waals surface area contributed by atoms with E-state index in [0.717, 1.165) is 12.1 Å². The van der Waals surface area contributed by atoms with Gasteiger partial charge in [-0.1, -0.05) is 4.85 Å². The molecule has 1 aromatic carbocycles. The Morgan fingerprint density at radius 2 is 2.00 bits per heavy atom. The number of fused-ring (bicyclic) bond motifs is 1. The van der Waals surface area contributed by atoms with Crippen LogP contribution in [0.3, 0.4) is 0 Å². The third-order valence-electron chi connectivity index (χ3n) is 1.70. The number of aromatic nitrogens is 3. The van der Waals surface area contributed by atoms with Gasteiger partial charge in [0.2, 0.25) is 0 Å². The van der Waals surface area contributed by atoms with Gasteiger partial charge in [0, 0.05) is 22.4 Å². The summed E-state index contributed by atoms with van der Waals surface area (Å²) in [6, 6.07) is 3.55. The molecule has 15 heavy (non-hydrogen) atoms. The molecule has 0 unspecified atom stereocenters. The van der Waals surface area contributed by atoms with Crippen LogP contribution in [0, 0.1) is 0 Å². The molecule has 85 valence electrons. The minimum atomic E-state index is -4.24. The summed E-state index contributed by atoms with van der Waals surface area (Å²) in [4.78, 5) is 0.230. The molecule has 2 rings (SSSR count). The third kappa shape index (κ3) is 2.19. The second-order valence-corrected chi connectivity index (χ2v) is 4.03. The molecule has 2 aromatic rings. The van der Waals surface area contributed by atoms with Crippen molar-refractivity contribution in [1.29, 1.82) is 0 Å². The summed E-state index contributed by atoms with van der Waals surface area (Å²) in [5.74, 6) is 0. The summed E-state index contributed by atoms with van der Waals surface area (Å²) in [6.45, 7) is 0.